The fourth-order valence-corrected chi connectivity index (χ4v) is 2.31. The van der Waals surface area contributed by atoms with Crippen molar-refractivity contribution in [1.29, 1.82) is 0 Å². The lowest BCUT2D eigenvalue weighted by atomic mass is 9.80. The average molecular weight is 253 g/mol. The van der Waals surface area contributed by atoms with Crippen molar-refractivity contribution in [1.82, 2.24) is 9.55 Å². The zero-order chi connectivity index (χ0) is 13.3. The van der Waals surface area contributed by atoms with Crippen LogP contribution in [-0.4, -0.2) is 35.3 Å². The number of nitrogen functional groups attached to an aromatic ring is 1. The second-order valence-electron chi connectivity index (χ2n) is 4.71. The standard InChI is InChI=1S/C12H19N3O3/c1-8-14-9(11(16)17-2)10(13)15(8)7-12(18-3)5-4-6-12/h4-7,13H2,1-3H3. The molecule has 18 heavy (non-hydrogen) atoms. The summed E-state index contributed by atoms with van der Waals surface area (Å²) in [6, 6.07) is 0. The molecule has 1 aliphatic carbocycles. The SMILES string of the molecule is COC(=O)c1nc(C)n(CC2(OC)CCC2)c1N. The summed E-state index contributed by atoms with van der Waals surface area (Å²) in [5, 5.41) is 0. The number of aryl methyl sites for hydroxylation is 1. The van der Waals surface area contributed by atoms with Crippen LogP contribution in [0.3, 0.4) is 0 Å². The Balaban J connectivity index is 2.28. The van der Waals surface area contributed by atoms with E-state index >= 15 is 0 Å². The molecule has 0 amide bonds. The van der Waals surface area contributed by atoms with Gasteiger partial charge in [-0.25, -0.2) is 9.78 Å². The lowest BCUT2D eigenvalue weighted by Crippen LogP contribution is -2.43. The van der Waals surface area contributed by atoms with Gasteiger partial charge in [0, 0.05) is 7.11 Å². The monoisotopic (exact) mass is 253 g/mol. The van der Waals surface area contributed by atoms with Gasteiger partial charge < -0.3 is 19.8 Å². The second kappa shape index (κ2) is 4.61. The number of imidazole rings is 1. The van der Waals surface area contributed by atoms with Gasteiger partial charge >= 0.3 is 5.97 Å². The van der Waals surface area contributed by atoms with E-state index in [2.05, 4.69) is 9.72 Å². The molecule has 0 aliphatic heterocycles. The van der Waals surface area contributed by atoms with Crippen molar-refractivity contribution >= 4 is 11.8 Å². The molecule has 6 nitrogen and oxygen atoms in total. The number of hydrogen-bond donors (Lipinski definition) is 1. The van der Waals surface area contributed by atoms with Crippen LogP contribution >= 0.6 is 0 Å². The molecular formula is C12H19N3O3. The van der Waals surface area contributed by atoms with Crippen LogP contribution in [0.4, 0.5) is 5.82 Å². The predicted octanol–water partition coefficient (Wildman–Crippen LogP) is 1.13. The fraction of sp³-hybridized carbons (Fsp3) is 0.667. The van der Waals surface area contributed by atoms with Crippen LogP contribution in [0.25, 0.3) is 0 Å². The topological polar surface area (TPSA) is 79.4 Å². The Morgan fingerprint density at radius 1 is 1.50 bits per heavy atom. The first-order valence-corrected chi connectivity index (χ1v) is 5.99. The van der Waals surface area contributed by atoms with Crippen molar-refractivity contribution in [3.8, 4) is 0 Å². The van der Waals surface area contributed by atoms with Gasteiger partial charge in [0.05, 0.1) is 19.3 Å². The third-order valence-corrected chi connectivity index (χ3v) is 3.72. The van der Waals surface area contributed by atoms with E-state index < -0.39 is 5.97 Å². The summed E-state index contributed by atoms with van der Waals surface area (Å²) in [5.74, 6) is 0.549. The molecule has 0 radical (unpaired) electrons. The largest absolute Gasteiger partial charge is 0.464 e. The summed E-state index contributed by atoms with van der Waals surface area (Å²) in [4.78, 5) is 15.7. The number of nitrogens with zero attached hydrogens (tertiary/aromatic N) is 2. The molecule has 0 saturated heterocycles. The summed E-state index contributed by atoms with van der Waals surface area (Å²) in [6.07, 6.45) is 3.17. The van der Waals surface area contributed by atoms with Gasteiger partial charge in [0.2, 0.25) is 0 Å². The minimum absolute atomic E-state index is 0.160. The molecule has 0 bridgehead atoms. The molecule has 1 aromatic rings. The number of anilines is 1. The van der Waals surface area contributed by atoms with Gasteiger partial charge in [-0.05, 0) is 26.2 Å². The Kier molecular flexibility index (Phi) is 3.30. The van der Waals surface area contributed by atoms with Crippen molar-refractivity contribution in [2.45, 2.75) is 38.3 Å². The van der Waals surface area contributed by atoms with Crippen LogP contribution in [0.5, 0.6) is 0 Å². The minimum atomic E-state index is -0.505. The number of carbonyl (C=O) groups excluding carboxylic acids is 1. The van der Waals surface area contributed by atoms with Gasteiger partial charge in [0.15, 0.2) is 5.69 Å². The van der Waals surface area contributed by atoms with Gasteiger partial charge in [0.1, 0.15) is 11.6 Å². The summed E-state index contributed by atoms with van der Waals surface area (Å²) >= 11 is 0. The molecule has 1 heterocycles. The van der Waals surface area contributed by atoms with Crippen LogP contribution in [0, 0.1) is 6.92 Å². The van der Waals surface area contributed by atoms with Gasteiger partial charge in [-0.3, -0.25) is 0 Å². The fourth-order valence-electron chi connectivity index (χ4n) is 2.31. The van der Waals surface area contributed by atoms with Crippen LogP contribution in [-0.2, 0) is 16.0 Å². The Hall–Kier alpha value is -1.56. The zero-order valence-electron chi connectivity index (χ0n) is 11.0. The summed E-state index contributed by atoms with van der Waals surface area (Å²) in [7, 11) is 3.03. The summed E-state index contributed by atoms with van der Waals surface area (Å²) in [5.41, 5.74) is 5.99. The van der Waals surface area contributed by atoms with Crippen molar-refractivity contribution in [3.63, 3.8) is 0 Å². The molecular weight excluding hydrogens is 234 g/mol. The van der Waals surface area contributed by atoms with Gasteiger partial charge in [-0.15, -0.1) is 0 Å². The van der Waals surface area contributed by atoms with Crippen LogP contribution < -0.4 is 5.73 Å². The van der Waals surface area contributed by atoms with Crippen molar-refractivity contribution in [3.05, 3.63) is 11.5 Å². The highest BCUT2D eigenvalue weighted by Gasteiger charge is 2.38. The number of aromatic nitrogens is 2. The number of ether oxygens (including phenoxy) is 2. The highest BCUT2D eigenvalue weighted by atomic mass is 16.5. The van der Waals surface area contributed by atoms with E-state index in [-0.39, 0.29) is 11.3 Å². The van der Waals surface area contributed by atoms with E-state index in [0.717, 1.165) is 19.3 Å². The van der Waals surface area contributed by atoms with Crippen LogP contribution in [0.2, 0.25) is 0 Å². The second-order valence-corrected chi connectivity index (χ2v) is 4.71. The molecule has 0 spiro atoms. The minimum Gasteiger partial charge on any atom is -0.464 e. The van der Waals surface area contributed by atoms with E-state index in [1.165, 1.54) is 7.11 Å². The lowest BCUT2D eigenvalue weighted by molar-refractivity contribution is -0.0834. The zero-order valence-corrected chi connectivity index (χ0v) is 11.0. The number of carbonyl (C=O) groups is 1. The van der Waals surface area contributed by atoms with Crippen molar-refractivity contribution in [2.24, 2.45) is 0 Å². The van der Waals surface area contributed by atoms with Gasteiger partial charge in [0.25, 0.3) is 0 Å². The number of hydrogen-bond acceptors (Lipinski definition) is 5. The highest BCUT2D eigenvalue weighted by molar-refractivity contribution is 5.92. The van der Waals surface area contributed by atoms with Crippen LogP contribution in [0.1, 0.15) is 35.6 Å². The Morgan fingerprint density at radius 3 is 2.61 bits per heavy atom. The predicted molar refractivity (Wildman–Crippen MR) is 66.3 cm³/mol. The first-order valence-electron chi connectivity index (χ1n) is 5.99. The molecule has 6 heteroatoms. The van der Waals surface area contributed by atoms with Gasteiger partial charge in [-0.1, -0.05) is 0 Å². The Morgan fingerprint density at radius 2 is 2.17 bits per heavy atom. The van der Waals surface area contributed by atoms with Crippen LogP contribution in [0.15, 0.2) is 0 Å². The Bertz CT molecular complexity index is 458. The number of esters is 1. The summed E-state index contributed by atoms with van der Waals surface area (Å²) < 4.78 is 12.0. The molecule has 0 aromatic carbocycles. The van der Waals surface area contributed by atoms with Gasteiger partial charge in [-0.2, -0.15) is 0 Å². The van der Waals surface area contributed by atoms with E-state index in [1.807, 2.05) is 11.5 Å². The molecule has 1 aromatic heterocycles. The average Bonchev–Trinajstić information content (AvgIpc) is 2.59. The summed E-state index contributed by atoms with van der Waals surface area (Å²) in [6.45, 7) is 2.45. The molecule has 1 saturated carbocycles. The number of nitrogens with two attached hydrogens (primary N) is 1. The first-order chi connectivity index (χ1) is 8.53. The molecule has 1 fully saturated rings. The first kappa shape index (κ1) is 12.9. The van der Waals surface area contributed by atoms with E-state index in [9.17, 15) is 4.79 Å². The molecule has 100 valence electrons. The molecule has 1 aliphatic rings. The smallest absolute Gasteiger partial charge is 0.360 e. The third-order valence-electron chi connectivity index (χ3n) is 3.72. The molecule has 0 atom stereocenters. The maximum absolute atomic E-state index is 11.5. The normalized spacial score (nSPS) is 17.3. The Labute approximate surface area is 106 Å². The van der Waals surface area contributed by atoms with E-state index in [1.54, 1.807) is 7.11 Å². The van der Waals surface area contributed by atoms with Crippen molar-refractivity contribution in [2.75, 3.05) is 20.0 Å². The molecule has 2 N–H and O–H groups in total. The van der Waals surface area contributed by atoms with E-state index in [4.69, 9.17) is 10.5 Å². The third kappa shape index (κ3) is 1.96. The number of rotatable bonds is 4. The quantitative estimate of drug-likeness (QED) is 0.814. The maximum Gasteiger partial charge on any atom is 0.360 e. The number of methoxy groups -OCH3 is 2. The maximum atomic E-state index is 11.5. The lowest BCUT2D eigenvalue weighted by Gasteiger charge is -2.41. The molecule has 0 unspecified atom stereocenters. The molecule has 2 rings (SSSR count). The highest BCUT2D eigenvalue weighted by Crippen LogP contribution is 2.37. The van der Waals surface area contributed by atoms with Crippen molar-refractivity contribution < 1.29 is 14.3 Å². The van der Waals surface area contributed by atoms with E-state index in [0.29, 0.717) is 18.2 Å².